The molecule has 0 aliphatic carbocycles. The molecule has 0 heterocycles. The second-order valence-electron chi connectivity index (χ2n) is 4.19. The van der Waals surface area contributed by atoms with Gasteiger partial charge in [0, 0.05) is 17.2 Å². The first-order chi connectivity index (χ1) is 9.52. The van der Waals surface area contributed by atoms with Crippen LogP contribution in [-0.4, -0.2) is 20.1 Å². The minimum atomic E-state index is -0.551. The molecule has 0 spiro atoms. The van der Waals surface area contributed by atoms with Crippen molar-refractivity contribution in [2.75, 3.05) is 19.1 Å². The number of benzene rings is 2. The van der Waals surface area contributed by atoms with Gasteiger partial charge >= 0.3 is 0 Å². The van der Waals surface area contributed by atoms with Crippen molar-refractivity contribution in [2.45, 2.75) is 0 Å². The first-order valence-electron chi connectivity index (χ1n) is 5.90. The maximum atomic E-state index is 13.8. The molecule has 0 aliphatic heterocycles. The number of hydrogen-bond donors (Lipinski definition) is 0. The van der Waals surface area contributed by atoms with Crippen molar-refractivity contribution in [1.29, 1.82) is 0 Å². The Morgan fingerprint density at radius 3 is 2.40 bits per heavy atom. The predicted octanol–water partition coefficient (Wildman–Crippen LogP) is 3.87. The molecule has 0 atom stereocenters. The molecule has 0 unspecified atom stereocenters. The molecule has 0 bridgehead atoms. The maximum Gasteiger partial charge on any atom is 0.260 e. The van der Waals surface area contributed by atoms with E-state index in [9.17, 15) is 9.18 Å². The smallest absolute Gasteiger partial charge is 0.260 e. The standard InChI is InChI=1S/C15H13BrFNO2/c1-18(11-4-6-12(20-2)7-5-11)15(19)13-8-3-10(16)9-14(13)17/h3-9H,1-2H3. The molecule has 0 aliphatic rings. The molecule has 104 valence electrons. The summed E-state index contributed by atoms with van der Waals surface area (Å²) in [5.41, 5.74) is 0.699. The molecular weight excluding hydrogens is 325 g/mol. The Balaban J connectivity index is 2.27. The van der Waals surface area contributed by atoms with Gasteiger partial charge in [-0.25, -0.2) is 4.39 Å². The van der Waals surface area contributed by atoms with E-state index in [1.165, 1.54) is 17.0 Å². The van der Waals surface area contributed by atoms with Gasteiger partial charge in [-0.15, -0.1) is 0 Å². The molecule has 2 rings (SSSR count). The van der Waals surface area contributed by atoms with Gasteiger partial charge in [0.15, 0.2) is 0 Å². The minimum Gasteiger partial charge on any atom is -0.497 e. The van der Waals surface area contributed by atoms with E-state index in [1.54, 1.807) is 44.5 Å². The summed E-state index contributed by atoms with van der Waals surface area (Å²) >= 11 is 3.16. The number of anilines is 1. The van der Waals surface area contributed by atoms with Crippen molar-refractivity contribution in [3.63, 3.8) is 0 Å². The van der Waals surface area contributed by atoms with Gasteiger partial charge in [0.05, 0.1) is 12.7 Å². The van der Waals surface area contributed by atoms with Crippen LogP contribution >= 0.6 is 15.9 Å². The van der Waals surface area contributed by atoms with E-state index >= 15 is 0 Å². The van der Waals surface area contributed by atoms with E-state index in [4.69, 9.17) is 4.74 Å². The first kappa shape index (κ1) is 14.5. The Kier molecular flexibility index (Phi) is 4.39. The van der Waals surface area contributed by atoms with E-state index in [-0.39, 0.29) is 5.56 Å². The average molecular weight is 338 g/mol. The number of carbonyl (C=O) groups is 1. The lowest BCUT2D eigenvalue weighted by Crippen LogP contribution is -2.27. The molecule has 1 amide bonds. The Labute approximate surface area is 125 Å². The first-order valence-corrected chi connectivity index (χ1v) is 6.69. The van der Waals surface area contributed by atoms with Crippen molar-refractivity contribution in [2.24, 2.45) is 0 Å². The Bertz CT molecular complexity index is 628. The summed E-state index contributed by atoms with van der Waals surface area (Å²) in [6.07, 6.45) is 0. The van der Waals surface area contributed by atoms with Gasteiger partial charge < -0.3 is 9.64 Å². The van der Waals surface area contributed by atoms with Crippen molar-refractivity contribution < 1.29 is 13.9 Å². The fourth-order valence-corrected chi connectivity index (χ4v) is 2.10. The third-order valence-corrected chi connectivity index (χ3v) is 3.42. The van der Waals surface area contributed by atoms with E-state index in [1.807, 2.05) is 0 Å². The van der Waals surface area contributed by atoms with Gasteiger partial charge in [0.25, 0.3) is 5.91 Å². The molecule has 0 fully saturated rings. The molecule has 5 heteroatoms. The highest BCUT2D eigenvalue weighted by Crippen LogP contribution is 2.22. The van der Waals surface area contributed by atoms with Gasteiger partial charge in [0.1, 0.15) is 11.6 Å². The van der Waals surface area contributed by atoms with Gasteiger partial charge in [-0.2, -0.15) is 0 Å². The highest BCUT2D eigenvalue weighted by Gasteiger charge is 2.17. The second-order valence-corrected chi connectivity index (χ2v) is 5.10. The molecule has 0 aromatic heterocycles. The number of methoxy groups -OCH3 is 1. The van der Waals surface area contributed by atoms with Crippen LogP contribution in [0.15, 0.2) is 46.9 Å². The number of nitrogens with zero attached hydrogens (tertiary/aromatic N) is 1. The van der Waals surface area contributed by atoms with Gasteiger partial charge in [-0.05, 0) is 42.5 Å². The molecule has 0 radical (unpaired) electrons. The third-order valence-electron chi connectivity index (χ3n) is 2.93. The van der Waals surface area contributed by atoms with E-state index < -0.39 is 11.7 Å². The zero-order chi connectivity index (χ0) is 14.7. The zero-order valence-corrected chi connectivity index (χ0v) is 12.6. The van der Waals surface area contributed by atoms with Crippen molar-refractivity contribution in [3.8, 4) is 5.75 Å². The number of ether oxygens (including phenoxy) is 1. The number of amides is 1. The largest absolute Gasteiger partial charge is 0.497 e. The fraction of sp³-hybridized carbons (Fsp3) is 0.133. The van der Waals surface area contributed by atoms with E-state index in [0.29, 0.717) is 15.9 Å². The molecular formula is C15H13BrFNO2. The van der Waals surface area contributed by atoms with Crippen molar-refractivity contribution in [3.05, 3.63) is 58.3 Å². The molecule has 20 heavy (non-hydrogen) atoms. The number of rotatable bonds is 3. The third kappa shape index (κ3) is 2.99. The summed E-state index contributed by atoms with van der Waals surface area (Å²) in [6, 6.07) is 11.4. The van der Waals surface area contributed by atoms with Crippen LogP contribution in [0, 0.1) is 5.82 Å². The van der Waals surface area contributed by atoms with Crippen LogP contribution in [0.5, 0.6) is 5.75 Å². The van der Waals surface area contributed by atoms with E-state index in [2.05, 4.69) is 15.9 Å². The van der Waals surface area contributed by atoms with Crippen LogP contribution in [0.1, 0.15) is 10.4 Å². The van der Waals surface area contributed by atoms with E-state index in [0.717, 1.165) is 0 Å². The number of hydrogen-bond acceptors (Lipinski definition) is 2. The van der Waals surface area contributed by atoms with Gasteiger partial charge in [-0.1, -0.05) is 15.9 Å². The molecule has 2 aromatic carbocycles. The maximum absolute atomic E-state index is 13.8. The average Bonchev–Trinajstić information content (AvgIpc) is 2.46. The van der Waals surface area contributed by atoms with Gasteiger partial charge in [-0.3, -0.25) is 4.79 Å². The lowest BCUT2D eigenvalue weighted by Gasteiger charge is -2.18. The van der Waals surface area contributed by atoms with Gasteiger partial charge in [0.2, 0.25) is 0 Å². The lowest BCUT2D eigenvalue weighted by atomic mass is 10.1. The van der Waals surface area contributed by atoms with Crippen LogP contribution in [0.3, 0.4) is 0 Å². The summed E-state index contributed by atoms with van der Waals surface area (Å²) in [4.78, 5) is 13.7. The topological polar surface area (TPSA) is 29.5 Å². The molecule has 3 nitrogen and oxygen atoms in total. The second kappa shape index (κ2) is 6.05. The highest BCUT2D eigenvalue weighted by atomic mass is 79.9. The van der Waals surface area contributed by atoms with Crippen LogP contribution < -0.4 is 9.64 Å². The number of carbonyl (C=O) groups excluding carboxylic acids is 1. The van der Waals surface area contributed by atoms with Crippen molar-refractivity contribution >= 4 is 27.5 Å². The predicted molar refractivity (Wildman–Crippen MR) is 79.8 cm³/mol. The summed E-state index contributed by atoms with van der Waals surface area (Å²) in [5, 5.41) is 0. The van der Waals surface area contributed by atoms with Crippen LogP contribution in [0.4, 0.5) is 10.1 Å². The molecule has 0 saturated heterocycles. The summed E-state index contributed by atoms with van der Waals surface area (Å²) in [6.45, 7) is 0. The summed E-state index contributed by atoms with van der Waals surface area (Å²) < 4.78 is 19.5. The Morgan fingerprint density at radius 1 is 1.20 bits per heavy atom. The quantitative estimate of drug-likeness (QED) is 0.850. The van der Waals surface area contributed by atoms with Crippen LogP contribution in [-0.2, 0) is 0 Å². The Hall–Kier alpha value is -1.88. The molecule has 0 saturated carbocycles. The zero-order valence-electron chi connectivity index (χ0n) is 11.1. The van der Waals surface area contributed by atoms with Crippen LogP contribution in [0.2, 0.25) is 0 Å². The number of halogens is 2. The summed E-state index contributed by atoms with van der Waals surface area (Å²) in [7, 11) is 3.17. The fourth-order valence-electron chi connectivity index (χ4n) is 1.77. The molecule has 2 aromatic rings. The SMILES string of the molecule is COc1ccc(N(C)C(=O)c2ccc(Br)cc2F)cc1. The van der Waals surface area contributed by atoms with Crippen molar-refractivity contribution in [1.82, 2.24) is 0 Å². The highest BCUT2D eigenvalue weighted by molar-refractivity contribution is 9.10. The van der Waals surface area contributed by atoms with Crippen LogP contribution in [0.25, 0.3) is 0 Å². The lowest BCUT2D eigenvalue weighted by molar-refractivity contribution is 0.0989. The Morgan fingerprint density at radius 2 is 1.85 bits per heavy atom. The summed E-state index contributed by atoms with van der Waals surface area (Å²) in [5.74, 6) is -0.255. The minimum absolute atomic E-state index is 0.0338. The monoisotopic (exact) mass is 337 g/mol. The normalized spacial score (nSPS) is 10.2. The molecule has 0 N–H and O–H groups in total.